The van der Waals surface area contributed by atoms with Crippen molar-refractivity contribution in [3.05, 3.63) is 51.7 Å². The van der Waals surface area contributed by atoms with Crippen LogP contribution in [0.1, 0.15) is 31.9 Å². The number of hydrogen-bond acceptors (Lipinski definition) is 3. The van der Waals surface area contributed by atoms with Crippen LogP contribution < -0.4 is 10.1 Å². The van der Waals surface area contributed by atoms with Gasteiger partial charge >= 0.3 is 0 Å². The SMILES string of the molecule is CCCNC(C)c1ccc(Oc2cccc(I)c2)nc1. The molecular formula is C16H19IN2O. The Morgan fingerprint density at radius 3 is 2.80 bits per heavy atom. The molecule has 106 valence electrons. The summed E-state index contributed by atoms with van der Waals surface area (Å²) < 4.78 is 6.89. The molecular weight excluding hydrogens is 363 g/mol. The molecule has 0 spiro atoms. The molecule has 0 radical (unpaired) electrons. The Labute approximate surface area is 133 Å². The van der Waals surface area contributed by atoms with E-state index in [4.69, 9.17) is 4.74 Å². The van der Waals surface area contributed by atoms with Crippen molar-refractivity contribution < 1.29 is 4.74 Å². The molecule has 0 amide bonds. The molecule has 1 N–H and O–H groups in total. The van der Waals surface area contributed by atoms with E-state index in [1.54, 1.807) is 0 Å². The highest BCUT2D eigenvalue weighted by molar-refractivity contribution is 14.1. The molecule has 1 aromatic carbocycles. The summed E-state index contributed by atoms with van der Waals surface area (Å²) >= 11 is 2.27. The number of ether oxygens (including phenoxy) is 1. The maximum absolute atomic E-state index is 5.74. The summed E-state index contributed by atoms with van der Waals surface area (Å²) in [5.74, 6) is 1.44. The lowest BCUT2D eigenvalue weighted by molar-refractivity contribution is 0.461. The van der Waals surface area contributed by atoms with Crippen molar-refractivity contribution >= 4 is 22.6 Å². The number of benzene rings is 1. The molecule has 0 saturated heterocycles. The van der Waals surface area contributed by atoms with Gasteiger partial charge < -0.3 is 10.1 Å². The van der Waals surface area contributed by atoms with Crippen molar-refractivity contribution in [2.45, 2.75) is 26.3 Å². The predicted octanol–water partition coefficient (Wildman–Crippen LogP) is 4.54. The molecule has 4 heteroatoms. The lowest BCUT2D eigenvalue weighted by atomic mass is 10.1. The zero-order valence-corrected chi connectivity index (χ0v) is 13.9. The van der Waals surface area contributed by atoms with Crippen LogP contribution in [0.25, 0.3) is 0 Å². The van der Waals surface area contributed by atoms with E-state index in [1.807, 2.05) is 36.5 Å². The monoisotopic (exact) mass is 382 g/mol. The van der Waals surface area contributed by atoms with Gasteiger partial charge in [-0.3, -0.25) is 0 Å². The van der Waals surface area contributed by atoms with Crippen molar-refractivity contribution in [2.24, 2.45) is 0 Å². The Hall–Kier alpha value is -1.14. The second kappa shape index (κ2) is 7.59. The summed E-state index contributed by atoms with van der Waals surface area (Å²) in [4.78, 5) is 4.37. The number of nitrogens with one attached hydrogen (secondary N) is 1. The fraction of sp³-hybridized carbons (Fsp3) is 0.312. The highest BCUT2D eigenvalue weighted by Gasteiger charge is 2.05. The van der Waals surface area contributed by atoms with Gasteiger partial charge in [-0.1, -0.05) is 19.1 Å². The van der Waals surface area contributed by atoms with Crippen molar-refractivity contribution in [3.63, 3.8) is 0 Å². The number of pyridine rings is 1. The average molecular weight is 382 g/mol. The molecule has 1 aromatic heterocycles. The first kappa shape index (κ1) is 15.3. The van der Waals surface area contributed by atoms with Crippen molar-refractivity contribution in [2.75, 3.05) is 6.54 Å². The van der Waals surface area contributed by atoms with E-state index in [1.165, 1.54) is 5.56 Å². The number of hydrogen-bond donors (Lipinski definition) is 1. The first-order valence-electron chi connectivity index (χ1n) is 6.82. The van der Waals surface area contributed by atoms with E-state index in [0.29, 0.717) is 11.9 Å². The Morgan fingerprint density at radius 1 is 1.30 bits per heavy atom. The van der Waals surface area contributed by atoms with Gasteiger partial charge in [-0.05, 0) is 66.2 Å². The molecule has 0 aliphatic heterocycles. The van der Waals surface area contributed by atoms with Crippen molar-refractivity contribution in [1.29, 1.82) is 0 Å². The molecule has 0 fully saturated rings. The zero-order valence-electron chi connectivity index (χ0n) is 11.8. The van der Waals surface area contributed by atoms with Crippen LogP contribution in [0.4, 0.5) is 0 Å². The Morgan fingerprint density at radius 2 is 2.15 bits per heavy atom. The lowest BCUT2D eigenvalue weighted by Crippen LogP contribution is -2.19. The molecule has 0 bridgehead atoms. The van der Waals surface area contributed by atoms with E-state index in [9.17, 15) is 0 Å². The van der Waals surface area contributed by atoms with E-state index in [0.717, 1.165) is 22.3 Å². The summed E-state index contributed by atoms with van der Waals surface area (Å²) in [5, 5.41) is 3.44. The van der Waals surface area contributed by atoms with Gasteiger partial charge in [-0.15, -0.1) is 0 Å². The third-order valence-corrected chi connectivity index (χ3v) is 3.65. The Kier molecular flexibility index (Phi) is 5.79. The summed E-state index contributed by atoms with van der Waals surface area (Å²) in [6.45, 7) is 5.32. The average Bonchev–Trinajstić information content (AvgIpc) is 2.45. The first-order valence-corrected chi connectivity index (χ1v) is 7.89. The minimum Gasteiger partial charge on any atom is -0.439 e. The van der Waals surface area contributed by atoms with E-state index in [-0.39, 0.29) is 0 Å². The molecule has 1 atom stereocenters. The minimum atomic E-state index is 0.314. The fourth-order valence-electron chi connectivity index (χ4n) is 1.84. The second-order valence-electron chi connectivity index (χ2n) is 4.67. The minimum absolute atomic E-state index is 0.314. The fourth-order valence-corrected chi connectivity index (χ4v) is 2.35. The lowest BCUT2D eigenvalue weighted by Gasteiger charge is -2.13. The van der Waals surface area contributed by atoms with Gasteiger partial charge in [0.15, 0.2) is 0 Å². The van der Waals surface area contributed by atoms with Crippen LogP contribution in [0.2, 0.25) is 0 Å². The van der Waals surface area contributed by atoms with E-state index < -0.39 is 0 Å². The maximum atomic E-state index is 5.74. The third-order valence-electron chi connectivity index (χ3n) is 2.98. The molecule has 3 nitrogen and oxygen atoms in total. The highest BCUT2D eigenvalue weighted by atomic mass is 127. The molecule has 2 rings (SSSR count). The highest BCUT2D eigenvalue weighted by Crippen LogP contribution is 2.22. The Balaban J connectivity index is 2.01. The molecule has 0 aliphatic carbocycles. The van der Waals surface area contributed by atoms with E-state index >= 15 is 0 Å². The van der Waals surface area contributed by atoms with E-state index in [2.05, 4.69) is 52.8 Å². The van der Waals surface area contributed by atoms with Crippen LogP contribution >= 0.6 is 22.6 Å². The molecule has 20 heavy (non-hydrogen) atoms. The summed E-state index contributed by atoms with van der Waals surface area (Å²) in [7, 11) is 0. The Bertz CT molecular complexity index is 542. The quantitative estimate of drug-likeness (QED) is 0.745. The van der Waals surface area contributed by atoms with Gasteiger partial charge in [0.2, 0.25) is 5.88 Å². The number of rotatable bonds is 6. The normalized spacial score (nSPS) is 12.2. The topological polar surface area (TPSA) is 34.1 Å². The molecule has 1 unspecified atom stereocenters. The van der Waals surface area contributed by atoms with Gasteiger partial charge in [0, 0.05) is 21.9 Å². The molecule has 1 heterocycles. The standard InChI is InChI=1S/C16H19IN2O/c1-3-9-18-12(2)13-7-8-16(19-11-13)20-15-6-4-5-14(17)10-15/h4-8,10-12,18H,3,9H2,1-2H3. The smallest absolute Gasteiger partial charge is 0.219 e. The van der Waals surface area contributed by atoms with Gasteiger partial charge in [0.1, 0.15) is 5.75 Å². The van der Waals surface area contributed by atoms with Crippen molar-refractivity contribution in [1.82, 2.24) is 10.3 Å². The van der Waals surface area contributed by atoms with Crippen LogP contribution in [-0.4, -0.2) is 11.5 Å². The third kappa shape index (κ3) is 4.45. The summed E-state index contributed by atoms with van der Waals surface area (Å²) in [5.41, 5.74) is 1.17. The summed E-state index contributed by atoms with van der Waals surface area (Å²) in [6, 6.07) is 12.2. The van der Waals surface area contributed by atoms with Crippen LogP contribution in [0.15, 0.2) is 42.6 Å². The molecule has 0 saturated carbocycles. The first-order chi connectivity index (χ1) is 9.69. The van der Waals surface area contributed by atoms with Gasteiger partial charge in [0.05, 0.1) is 0 Å². The predicted molar refractivity (Wildman–Crippen MR) is 90.2 cm³/mol. The van der Waals surface area contributed by atoms with Gasteiger partial charge in [-0.2, -0.15) is 0 Å². The largest absolute Gasteiger partial charge is 0.439 e. The van der Waals surface area contributed by atoms with Crippen LogP contribution in [-0.2, 0) is 0 Å². The number of halogens is 1. The number of aromatic nitrogens is 1. The zero-order chi connectivity index (χ0) is 14.4. The molecule has 0 aliphatic rings. The second-order valence-corrected chi connectivity index (χ2v) is 5.91. The van der Waals surface area contributed by atoms with Crippen LogP contribution in [0, 0.1) is 3.57 Å². The number of nitrogens with zero attached hydrogens (tertiary/aromatic N) is 1. The van der Waals surface area contributed by atoms with Crippen LogP contribution in [0.5, 0.6) is 11.6 Å². The van der Waals surface area contributed by atoms with Gasteiger partial charge in [0.25, 0.3) is 0 Å². The summed E-state index contributed by atoms with van der Waals surface area (Å²) in [6.07, 6.45) is 3.00. The van der Waals surface area contributed by atoms with Crippen molar-refractivity contribution in [3.8, 4) is 11.6 Å². The van der Waals surface area contributed by atoms with Gasteiger partial charge in [-0.25, -0.2) is 4.98 Å². The molecule has 2 aromatic rings. The van der Waals surface area contributed by atoms with Crippen LogP contribution in [0.3, 0.4) is 0 Å². The maximum Gasteiger partial charge on any atom is 0.219 e.